The van der Waals surface area contributed by atoms with Crippen LogP contribution in [0.3, 0.4) is 0 Å². The van der Waals surface area contributed by atoms with E-state index in [9.17, 15) is 0 Å². The van der Waals surface area contributed by atoms with Gasteiger partial charge in [-0.2, -0.15) is 4.98 Å². The number of rotatable bonds is 5. The molecule has 0 amide bonds. The lowest BCUT2D eigenvalue weighted by Crippen LogP contribution is -2.05. The summed E-state index contributed by atoms with van der Waals surface area (Å²) in [6, 6.07) is 11.1. The van der Waals surface area contributed by atoms with E-state index >= 15 is 0 Å². The highest BCUT2D eigenvalue weighted by Gasteiger charge is 2.15. The zero-order valence-electron chi connectivity index (χ0n) is 14.4. The zero-order valence-corrected chi connectivity index (χ0v) is 15.2. The summed E-state index contributed by atoms with van der Waals surface area (Å²) in [5.74, 6) is 1.58. The van der Waals surface area contributed by atoms with Gasteiger partial charge in [0.2, 0.25) is 5.82 Å². The molecule has 0 aliphatic rings. The third kappa shape index (κ3) is 3.77. The van der Waals surface area contributed by atoms with E-state index in [1.165, 1.54) is 0 Å². The van der Waals surface area contributed by atoms with Crippen LogP contribution in [0.2, 0.25) is 5.02 Å². The molecule has 1 heterocycles. The van der Waals surface area contributed by atoms with Gasteiger partial charge in [-0.25, -0.2) is 0 Å². The third-order valence-corrected chi connectivity index (χ3v) is 4.01. The highest BCUT2D eigenvalue weighted by atomic mass is 35.5. The van der Waals surface area contributed by atoms with Gasteiger partial charge in [-0.3, -0.25) is 0 Å². The minimum absolute atomic E-state index is 0.0538. The summed E-state index contributed by atoms with van der Waals surface area (Å²) >= 11 is 6.29. The van der Waals surface area contributed by atoms with Gasteiger partial charge in [-0.1, -0.05) is 23.7 Å². The van der Waals surface area contributed by atoms with Crippen molar-refractivity contribution < 1.29 is 9.26 Å². The zero-order chi connectivity index (χ0) is 18.0. The summed E-state index contributed by atoms with van der Waals surface area (Å²) in [6.07, 6.45) is 0.878. The molecule has 0 atom stereocenters. The molecule has 2 aromatic carbocycles. The van der Waals surface area contributed by atoms with Gasteiger partial charge >= 0.3 is 0 Å². The average molecular weight is 358 g/mol. The van der Waals surface area contributed by atoms with Gasteiger partial charge in [0.15, 0.2) is 0 Å². The van der Waals surface area contributed by atoms with Crippen molar-refractivity contribution in [2.24, 2.45) is 0 Å². The number of nitrogens with two attached hydrogens (primary N) is 1. The Labute approximate surface area is 151 Å². The first-order chi connectivity index (χ1) is 12.0. The Balaban J connectivity index is 1.93. The molecule has 0 aliphatic carbocycles. The van der Waals surface area contributed by atoms with Crippen molar-refractivity contribution in [3.63, 3.8) is 0 Å². The van der Waals surface area contributed by atoms with Crippen LogP contribution in [0.5, 0.6) is 5.75 Å². The molecular weight excluding hydrogens is 338 g/mol. The highest BCUT2D eigenvalue weighted by Crippen LogP contribution is 2.31. The van der Waals surface area contributed by atoms with E-state index in [1.807, 2.05) is 44.2 Å². The van der Waals surface area contributed by atoms with Gasteiger partial charge in [-0.15, -0.1) is 0 Å². The summed E-state index contributed by atoms with van der Waals surface area (Å²) in [4.78, 5) is 4.50. The maximum atomic E-state index is 6.29. The Morgan fingerprint density at radius 3 is 2.68 bits per heavy atom. The molecule has 0 spiro atoms. The predicted octanol–water partition coefficient (Wildman–Crippen LogP) is 4.99. The minimum Gasteiger partial charge on any atom is -0.489 e. The Morgan fingerprint density at radius 1 is 1.20 bits per heavy atom. The molecule has 5 nitrogen and oxygen atoms in total. The Hall–Kier alpha value is -2.53. The molecule has 2 N–H and O–H groups in total. The van der Waals surface area contributed by atoms with Crippen molar-refractivity contribution in [3.8, 4) is 28.6 Å². The largest absolute Gasteiger partial charge is 0.489 e. The number of benzene rings is 2. The summed E-state index contributed by atoms with van der Waals surface area (Å²) in [5, 5.41) is 4.59. The number of halogens is 1. The molecule has 0 aliphatic heterocycles. The smallest absolute Gasteiger partial charge is 0.258 e. The Bertz CT molecular complexity index is 890. The molecule has 0 saturated carbocycles. The van der Waals surface area contributed by atoms with E-state index in [1.54, 1.807) is 6.07 Å². The van der Waals surface area contributed by atoms with Gasteiger partial charge in [0.1, 0.15) is 5.75 Å². The lowest BCUT2D eigenvalue weighted by molar-refractivity contribution is 0.242. The second-order valence-corrected chi connectivity index (χ2v) is 6.41. The van der Waals surface area contributed by atoms with E-state index in [-0.39, 0.29) is 6.10 Å². The van der Waals surface area contributed by atoms with Crippen molar-refractivity contribution in [2.45, 2.75) is 33.3 Å². The van der Waals surface area contributed by atoms with E-state index in [0.717, 1.165) is 23.1 Å². The molecule has 6 heteroatoms. The van der Waals surface area contributed by atoms with E-state index in [4.69, 9.17) is 26.6 Å². The maximum absolute atomic E-state index is 6.29. The number of hydrogen-bond donors (Lipinski definition) is 1. The fourth-order valence-electron chi connectivity index (χ4n) is 2.55. The van der Waals surface area contributed by atoms with Crippen LogP contribution in [-0.4, -0.2) is 16.2 Å². The molecule has 0 bridgehead atoms. The fourth-order valence-corrected chi connectivity index (χ4v) is 2.78. The van der Waals surface area contributed by atoms with Gasteiger partial charge in [0.05, 0.1) is 11.1 Å². The number of ether oxygens (including phenoxy) is 1. The van der Waals surface area contributed by atoms with Crippen molar-refractivity contribution in [3.05, 3.63) is 47.0 Å². The molecule has 1 aromatic heterocycles. The Kier molecular flexibility index (Phi) is 4.95. The van der Waals surface area contributed by atoms with Crippen LogP contribution in [0, 0.1) is 0 Å². The first-order valence-corrected chi connectivity index (χ1v) is 8.54. The van der Waals surface area contributed by atoms with Gasteiger partial charge in [-0.05, 0) is 62.2 Å². The monoisotopic (exact) mass is 357 g/mol. The van der Waals surface area contributed by atoms with Gasteiger partial charge < -0.3 is 15.0 Å². The lowest BCUT2D eigenvalue weighted by Gasteiger charge is -2.11. The number of anilines is 1. The first kappa shape index (κ1) is 17.3. The Morgan fingerprint density at radius 2 is 2.00 bits per heavy atom. The molecule has 3 rings (SSSR count). The van der Waals surface area contributed by atoms with Crippen LogP contribution in [0.15, 0.2) is 40.9 Å². The molecule has 130 valence electrons. The topological polar surface area (TPSA) is 74.2 Å². The van der Waals surface area contributed by atoms with E-state index < -0.39 is 0 Å². The van der Waals surface area contributed by atoms with Crippen molar-refractivity contribution >= 4 is 17.3 Å². The molecule has 25 heavy (non-hydrogen) atoms. The highest BCUT2D eigenvalue weighted by molar-refractivity contribution is 6.32. The first-order valence-electron chi connectivity index (χ1n) is 8.17. The number of aryl methyl sites for hydroxylation is 1. The summed E-state index contributed by atoms with van der Waals surface area (Å²) in [6.45, 7) is 5.96. The van der Waals surface area contributed by atoms with Crippen LogP contribution < -0.4 is 10.5 Å². The standard InChI is InChI=1S/C19H20ClN3O2/c1-4-12-9-14(21)6-7-15(12)19-22-18(23-25-19)13-5-8-17(16(20)10-13)24-11(2)3/h5-11H,4,21H2,1-3H3. The summed E-state index contributed by atoms with van der Waals surface area (Å²) in [7, 11) is 0. The van der Waals surface area contributed by atoms with Crippen molar-refractivity contribution in [1.29, 1.82) is 0 Å². The van der Waals surface area contributed by atoms with Crippen LogP contribution >= 0.6 is 11.6 Å². The van der Waals surface area contributed by atoms with Gasteiger partial charge in [0.25, 0.3) is 5.89 Å². The fraction of sp³-hybridized carbons (Fsp3) is 0.263. The van der Waals surface area contributed by atoms with Crippen LogP contribution in [0.1, 0.15) is 26.3 Å². The number of hydrogen-bond acceptors (Lipinski definition) is 5. The SMILES string of the molecule is CCc1cc(N)ccc1-c1nc(-c2ccc(OC(C)C)c(Cl)c2)no1. The van der Waals surface area contributed by atoms with Crippen molar-refractivity contribution in [1.82, 2.24) is 10.1 Å². The van der Waals surface area contributed by atoms with Crippen LogP contribution in [0.4, 0.5) is 5.69 Å². The molecular formula is C19H20ClN3O2. The second-order valence-electron chi connectivity index (χ2n) is 6.01. The summed E-state index contributed by atoms with van der Waals surface area (Å²) < 4.78 is 11.1. The normalized spacial score (nSPS) is 11.1. The van der Waals surface area contributed by atoms with E-state index in [2.05, 4.69) is 17.1 Å². The van der Waals surface area contributed by atoms with Crippen LogP contribution in [0.25, 0.3) is 22.8 Å². The molecule has 0 unspecified atom stereocenters. The van der Waals surface area contributed by atoms with Crippen molar-refractivity contribution in [2.75, 3.05) is 5.73 Å². The van der Waals surface area contributed by atoms with Crippen LogP contribution in [-0.2, 0) is 6.42 Å². The molecule has 0 radical (unpaired) electrons. The van der Waals surface area contributed by atoms with Gasteiger partial charge in [0, 0.05) is 16.8 Å². The molecule has 0 fully saturated rings. The minimum atomic E-state index is 0.0538. The lowest BCUT2D eigenvalue weighted by atomic mass is 10.0. The molecule has 3 aromatic rings. The molecule has 0 saturated heterocycles. The number of nitrogen functional groups attached to an aromatic ring is 1. The predicted molar refractivity (Wildman–Crippen MR) is 99.7 cm³/mol. The third-order valence-electron chi connectivity index (χ3n) is 3.72. The second kappa shape index (κ2) is 7.15. The quantitative estimate of drug-likeness (QED) is 0.651. The van der Waals surface area contributed by atoms with E-state index in [0.29, 0.717) is 28.2 Å². The summed E-state index contributed by atoms with van der Waals surface area (Å²) in [5.41, 5.74) is 9.29. The maximum Gasteiger partial charge on any atom is 0.258 e. The number of nitrogens with zero attached hydrogens (tertiary/aromatic N) is 2. The average Bonchev–Trinajstić information content (AvgIpc) is 3.06. The number of aromatic nitrogens is 2.